The number of nitrogens with one attached hydrogen (secondary N) is 2. The van der Waals surface area contributed by atoms with Crippen molar-refractivity contribution in [1.82, 2.24) is 25.1 Å². The molecule has 5 heterocycles. The van der Waals surface area contributed by atoms with Gasteiger partial charge in [-0.2, -0.15) is 10.1 Å². The number of morpholine rings is 1. The Kier molecular flexibility index (Phi) is 3.84. The lowest BCUT2D eigenvalue weighted by atomic mass is 9.70. The van der Waals surface area contributed by atoms with Crippen molar-refractivity contribution in [3.05, 3.63) is 24.0 Å². The number of nitrogens with zero attached hydrogens (tertiary/aromatic N) is 5. The molecule has 148 valence electrons. The van der Waals surface area contributed by atoms with Gasteiger partial charge in [-0.1, -0.05) is 0 Å². The third-order valence-corrected chi connectivity index (χ3v) is 6.72. The predicted molar refractivity (Wildman–Crippen MR) is 106 cm³/mol. The molecule has 0 unspecified atom stereocenters. The summed E-state index contributed by atoms with van der Waals surface area (Å²) in [6.45, 7) is 6.11. The minimum atomic E-state index is 0.413. The molecule has 2 bridgehead atoms. The topological polar surface area (TPSA) is 82.2 Å². The molecule has 5 fully saturated rings. The Morgan fingerprint density at radius 3 is 2.89 bits per heavy atom. The van der Waals surface area contributed by atoms with Gasteiger partial charge in [-0.25, -0.2) is 4.98 Å². The van der Waals surface area contributed by atoms with Crippen LogP contribution < -0.4 is 10.2 Å². The Balaban J connectivity index is 1.13. The number of rotatable bonds is 6. The van der Waals surface area contributed by atoms with Gasteiger partial charge < -0.3 is 15.0 Å². The fourth-order valence-corrected chi connectivity index (χ4v) is 5.12. The van der Waals surface area contributed by atoms with Gasteiger partial charge in [0.15, 0.2) is 5.82 Å². The van der Waals surface area contributed by atoms with Crippen molar-refractivity contribution in [2.45, 2.75) is 37.6 Å². The maximum atomic E-state index is 5.49. The van der Waals surface area contributed by atoms with Crippen LogP contribution in [-0.2, 0) is 4.74 Å². The number of aromatic nitrogens is 4. The third kappa shape index (κ3) is 3.04. The summed E-state index contributed by atoms with van der Waals surface area (Å²) in [7, 11) is 0. The zero-order chi connectivity index (χ0) is 18.6. The first-order valence-corrected chi connectivity index (χ1v) is 10.5. The van der Waals surface area contributed by atoms with Crippen LogP contribution in [0, 0.1) is 5.41 Å². The zero-order valence-corrected chi connectivity index (χ0v) is 16.1. The second-order valence-electron chi connectivity index (χ2n) is 8.93. The summed E-state index contributed by atoms with van der Waals surface area (Å²) >= 11 is 0. The molecule has 2 N–H and O–H groups in total. The highest BCUT2D eigenvalue weighted by Crippen LogP contribution is 2.53. The van der Waals surface area contributed by atoms with E-state index < -0.39 is 0 Å². The summed E-state index contributed by atoms with van der Waals surface area (Å²) in [4.78, 5) is 14.3. The molecule has 8 nitrogen and oxygen atoms in total. The van der Waals surface area contributed by atoms with Crippen LogP contribution >= 0.6 is 0 Å². The zero-order valence-electron chi connectivity index (χ0n) is 16.1. The highest BCUT2D eigenvalue weighted by atomic mass is 16.5. The molecule has 2 aromatic rings. The first kappa shape index (κ1) is 16.7. The Bertz CT molecular complexity index is 852. The summed E-state index contributed by atoms with van der Waals surface area (Å²) in [5.41, 5.74) is 1.64. The van der Waals surface area contributed by atoms with Crippen LogP contribution in [0.3, 0.4) is 0 Å². The van der Waals surface area contributed by atoms with Gasteiger partial charge in [-0.15, -0.1) is 0 Å². The number of hydrogen-bond donors (Lipinski definition) is 2. The Morgan fingerprint density at radius 2 is 2.07 bits per heavy atom. The van der Waals surface area contributed by atoms with Crippen LogP contribution in [0.1, 0.15) is 37.3 Å². The van der Waals surface area contributed by atoms with E-state index in [1.165, 1.54) is 37.9 Å². The van der Waals surface area contributed by atoms with Crippen molar-refractivity contribution < 1.29 is 4.74 Å². The molecule has 0 radical (unpaired) electrons. The number of ether oxygens (including phenoxy) is 1. The minimum Gasteiger partial charge on any atom is -0.379 e. The van der Waals surface area contributed by atoms with Gasteiger partial charge in [0.2, 0.25) is 5.95 Å². The number of fused-ring (bicyclic) bond motifs is 1. The largest absolute Gasteiger partial charge is 0.379 e. The summed E-state index contributed by atoms with van der Waals surface area (Å²) in [6, 6.07) is 4.60. The van der Waals surface area contributed by atoms with E-state index in [1.807, 2.05) is 12.3 Å². The fraction of sp³-hybridized carbons (Fsp3) is 0.650. The molecule has 2 aliphatic carbocycles. The second-order valence-corrected chi connectivity index (χ2v) is 8.93. The van der Waals surface area contributed by atoms with Gasteiger partial charge in [0.25, 0.3) is 0 Å². The molecule has 0 atom stereocenters. The van der Waals surface area contributed by atoms with Crippen LogP contribution in [0.5, 0.6) is 0 Å². The SMILES string of the molecule is c1cc(Nc2cc(C3CC3)[nH]n2)nc(N2CC3(CN4CCOCC4)CC2C3)n1. The molecule has 8 heteroatoms. The molecule has 0 aromatic carbocycles. The smallest absolute Gasteiger partial charge is 0.227 e. The molecular weight excluding hydrogens is 354 g/mol. The first-order chi connectivity index (χ1) is 13.8. The normalized spacial score (nSPS) is 29.7. The predicted octanol–water partition coefficient (Wildman–Crippen LogP) is 2.12. The highest BCUT2D eigenvalue weighted by molar-refractivity contribution is 5.54. The van der Waals surface area contributed by atoms with Gasteiger partial charge in [-0.05, 0) is 31.7 Å². The van der Waals surface area contributed by atoms with E-state index in [2.05, 4.69) is 36.4 Å². The van der Waals surface area contributed by atoms with Crippen molar-refractivity contribution in [2.24, 2.45) is 5.41 Å². The molecule has 0 spiro atoms. The molecular formula is C20H27N7O. The third-order valence-electron chi connectivity index (χ3n) is 6.72. The molecule has 2 aromatic heterocycles. The Hall–Kier alpha value is -2.19. The van der Waals surface area contributed by atoms with Gasteiger partial charge >= 0.3 is 0 Å². The first-order valence-electron chi connectivity index (χ1n) is 10.5. The maximum absolute atomic E-state index is 5.49. The lowest BCUT2D eigenvalue weighted by Gasteiger charge is -2.41. The summed E-state index contributed by atoms with van der Waals surface area (Å²) in [5.74, 6) is 3.16. The molecule has 2 saturated carbocycles. The summed E-state index contributed by atoms with van der Waals surface area (Å²) < 4.78 is 5.49. The summed E-state index contributed by atoms with van der Waals surface area (Å²) in [6.07, 6.45) is 6.90. The minimum absolute atomic E-state index is 0.413. The van der Waals surface area contributed by atoms with Crippen LogP contribution in [0.25, 0.3) is 0 Å². The van der Waals surface area contributed by atoms with Gasteiger partial charge in [0.1, 0.15) is 5.82 Å². The van der Waals surface area contributed by atoms with E-state index in [1.54, 1.807) is 0 Å². The van der Waals surface area contributed by atoms with Gasteiger partial charge in [0.05, 0.1) is 13.2 Å². The van der Waals surface area contributed by atoms with Crippen molar-refractivity contribution in [2.75, 3.05) is 49.6 Å². The standard InChI is InChI=1S/C20H27N7O/c1-2-14(1)16-9-18(25-24-16)22-17-3-4-21-19(23-17)27-13-20(10-15(27)11-20)12-26-5-7-28-8-6-26/h3-4,9,14-15H,1-2,5-8,10-13H2,(H2,21,22,23,24,25). The fourth-order valence-electron chi connectivity index (χ4n) is 5.12. The highest BCUT2D eigenvalue weighted by Gasteiger charge is 2.56. The lowest BCUT2D eigenvalue weighted by Crippen LogP contribution is -2.47. The van der Waals surface area contributed by atoms with E-state index in [0.717, 1.165) is 50.4 Å². The number of H-pyrrole nitrogens is 1. The average Bonchev–Trinajstić information content (AvgIpc) is 3.18. The van der Waals surface area contributed by atoms with Crippen molar-refractivity contribution >= 4 is 17.6 Å². The van der Waals surface area contributed by atoms with Crippen molar-refractivity contribution in [1.29, 1.82) is 0 Å². The lowest BCUT2D eigenvalue weighted by molar-refractivity contribution is 0.00803. The van der Waals surface area contributed by atoms with E-state index in [4.69, 9.17) is 9.72 Å². The van der Waals surface area contributed by atoms with E-state index in [9.17, 15) is 0 Å². The number of hydrogen-bond acceptors (Lipinski definition) is 7. The van der Waals surface area contributed by atoms with Crippen molar-refractivity contribution in [3.8, 4) is 0 Å². The number of aromatic amines is 1. The molecule has 5 aliphatic rings. The Morgan fingerprint density at radius 1 is 1.21 bits per heavy atom. The van der Waals surface area contributed by atoms with Crippen LogP contribution in [0.2, 0.25) is 0 Å². The molecule has 0 amide bonds. The quantitative estimate of drug-likeness (QED) is 0.793. The maximum Gasteiger partial charge on any atom is 0.227 e. The Labute approximate surface area is 164 Å². The summed E-state index contributed by atoms with van der Waals surface area (Å²) in [5, 5.41) is 10.8. The van der Waals surface area contributed by atoms with Crippen LogP contribution in [0.15, 0.2) is 18.3 Å². The van der Waals surface area contributed by atoms with E-state index in [0.29, 0.717) is 17.4 Å². The van der Waals surface area contributed by atoms with E-state index in [-0.39, 0.29) is 0 Å². The average molecular weight is 381 g/mol. The number of anilines is 3. The van der Waals surface area contributed by atoms with Gasteiger partial charge in [-0.3, -0.25) is 10.00 Å². The molecule has 3 aliphatic heterocycles. The van der Waals surface area contributed by atoms with Crippen LogP contribution in [-0.4, -0.2) is 70.5 Å². The monoisotopic (exact) mass is 381 g/mol. The van der Waals surface area contributed by atoms with Crippen LogP contribution in [0.4, 0.5) is 17.6 Å². The second kappa shape index (κ2) is 6.42. The van der Waals surface area contributed by atoms with Crippen molar-refractivity contribution in [3.63, 3.8) is 0 Å². The van der Waals surface area contributed by atoms with Gasteiger partial charge in [0, 0.05) is 61.5 Å². The molecule has 28 heavy (non-hydrogen) atoms. The molecule has 7 rings (SSSR count). The van der Waals surface area contributed by atoms with E-state index >= 15 is 0 Å². The molecule has 3 saturated heterocycles.